The van der Waals surface area contributed by atoms with Crippen LogP contribution >= 0.6 is 0 Å². The molecule has 5 nitrogen and oxygen atoms in total. The number of aromatic nitrogens is 2. The highest BCUT2D eigenvalue weighted by Crippen LogP contribution is 2.19. The molecule has 0 aliphatic rings. The number of fused-ring (bicyclic) bond motifs is 1. The number of nitrogens with two attached hydrogens (primary N) is 1. The van der Waals surface area contributed by atoms with Crippen molar-refractivity contribution < 1.29 is 9.53 Å². The maximum absolute atomic E-state index is 11.0. The summed E-state index contributed by atoms with van der Waals surface area (Å²) in [6.45, 7) is 1.91. The van der Waals surface area contributed by atoms with E-state index in [4.69, 9.17) is 10.5 Å². The van der Waals surface area contributed by atoms with E-state index >= 15 is 0 Å². The molecule has 0 atom stereocenters. The Morgan fingerprint density at radius 2 is 2.27 bits per heavy atom. The molecule has 0 bridgehead atoms. The van der Waals surface area contributed by atoms with Gasteiger partial charge in [-0.1, -0.05) is 0 Å². The van der Waals surface area contributed by atoms with Crippen LogP contribution in [0.4, 0.5) is 0 Å². The number of rotatable bonds is 2. The highest BCUT2D eigenvalue weighted by Gasteiger charge is 2.10. The molecule has 5 heteroatoms. The van der Waals surface area contributed by atoms with E-state index in [-0.39, 0.29) is 0 Å². The maximum Gasteiger partial charge on any atom is 0.249 e. The van der Waals surface area contributed by atoms with Crippen molar-refractivity contribution >= 4 is 11.6 Å². The van der Waals surface area contributed by atoms with Gasteiger partial charge in [0.2, 0.25) is 5.91 Å². The van der Waals surface area contributed by atoms with Gasteiger partial charge in [0.25, 0.3) is 0 Å². The zero-order valence-corrected chi connectivity index (χ0v) is 8.52. The van der Waals surface area contributed by atoms with E-state index in [9.17, 15) is 4.79 Å². The number of amides is 1. The zero-order valence-electron chi connectivity index (χ0n) is 8.52. The topological polar surface area (TPSA) is 69.6 Å². The molecule has 0 unspecified atom stereocenters. The first-order valence-electron chi connectivity index (χ1n) is 4.45. The summed E-state index contributed by atoms with van der Waals surface area (Å²) >= 11 is 0. The number of primary amides is 1. The molecular weight excluding hydrogens is 194 g/mol. The molecule has 2 aromatic rings. The van der Waals surface area contributed by atoms with Crippen molar-refractivity contribution in [1.82, 2.24) is 9.38 Å². The first-order valence-corrected chi connectivity index (χ1v) is 4.45. The smallest absolute Gasteiger partial charge is 0.249 e. The molecule has 0 spiro atoms. The predicted octanol–water partition coefficient (Wildman–Crippen LogP) is 0.750. The number of nitrogens with zero attached hydrogens (tertiary/aromatic N) is 2. The average Bonchev–Trinajstić information content (AvgIpc) is 2.59. The van der Waals surface area contributed by atoms with E-state index < -0.39 is 5.91 Å². The van der Waals surface area contributed by atoms with Crippen molar-refractivity contribution in [3.05, 3.63) is 29.6 Å². The van der Waals surface area contributed by atoms with Crippen molar-refractivity contribution in [3.63, 3.8) is 0 Å². The third-order valence-corrected chi connectivity index (χ3v) is 2.24. The Labute approximate surface area is 86.5 Å². The Morgan fingerprint density at radius 1 is 1.53 bits per heavy atom. The first kappa shape index (κ1) is 9.51. The third kappa shape index (κ3) is 1.41. The summed E-state index contributed by atoms with van der Waals surface area (Å²) in [4.78, 5) is 15.2. The van der Waals surface area contributed by atoms with E-state index in [0.717, 1.165) is 5.69 Å². The minimum Gasteiger partial charge on any atom is -0.482 e. The second kappa shape index (κ2) is 3.27. The molecule has 2 aromatic heterocycles. The van der Waals surface area contributed by atoms with Gasteiger partial charge in [0.05, 0.1) is 7.11 Å². The number of ether oxygens (including phenoxy) is 1. The maximum atomic E-state index is 11.0. The summed E-state index contributed by atoms with van der Waals surface area (Å²) in [5.41, 5.74) is 7.19. The molecular formula is C10H11N3O2. The van der Waals surface area contributed by atoms with Crippen LogP contribution < -0.4 is 10.5 Å². The third-order valence-electron chi connectivity index (χ3n) is 2.24. The Balaban J connectivity index is 2.79. The van der Waals surface area contributed by atoms with Crippen LogP contribution in [-0.2, 0) is 0 Å². The molecule has 0 radical (unpaired) electrons. The molecule has 0 saturated heterocycles. The molecule has 0 aliphatic heterocycles. The minimum atomic E-state index is -0.489. The van der Waals surface area contributed by atoms with Crippen LogP contribution in [0.2, 0.25) is 0 Å². The predicted molar refractivity (Wildman–Crippen MR) is 55.0 cm³/mol. The summed E-state index contributed by atoms with van der Waals surface area (Å²) in [5, 5.41) is 0. The SMILES string of the molecule is COc1cc(C(N)=O)cc2ncc(C)n12. The molecule has 2 rings (SSSR count). The molecule has 0 aliphatic carbocycles. The van der Waals surface area contributed by atoms with Gasteiger partial charge in [0, 0.05) is 23.5 Å². The lowest BCUT2D eigenvalue weighted by molar-refractivity contribution is 0.1000. The van der Waals surface area contributed by atoms with Crippen LogP contribution in [-0.4, -0.2) is 22.4 Å². The Hall–Kier alpha value is -2.04. The van der Waals surface area contributed by atoms with Crippen LogP contribution in [0, 0.1) is 6.92 Å². The van der Waals surface area contributed by atoms with Crippen LogP contribution in [0.3, 0.4) is 0 Å². The van der Waals surface area contributed by atoms with Gasteiger partial charge in [-0.3, -0.25) is 9.20 Å². The molecule has 1 amide bonds. The van der Waals surface area contributed by atoms with Crippen molar-refractivity contribution in [2.45, 2.75) is 6.92 Å². The number of carbonyl (C=O) groups excluding carboxylic acids is 1. The summed E-state index contributed by atoms with van der Waals surface area (Å²) in [5.74, 6) is 0.0627. The van der Waals surface area contributed by atoms with Gasteiger partial charge in [0.15, 0.2) is 5.88 Å². The summed E-state index contributed by atoms with van der Waals surface area (Å²) in [7, 11) is 1.54. The number of hydrogen-bond acceptors (Lipinski definition) is 3. The number of pyridine rings is 1. The fourth-order valence-corrected chi connectivity index (χ4v) is 1.52. The highest BCUT2D eigenvalue weighted by molar-refractivity contribution is 5.94. The van der Waals surface area contributed by atoms with Crippen LogP contribution in [0.15, 0.2) is 18.3 Å². The molecule has 0 fully saturated rings. The second-order valence-corrected chi connectivity index (χ2v) is 3.24. The molecule has 2 heterocycles. The first-order chi connectivity index (χ1) is 7.13. The molecule has 78 valence electrons. The van der Waals surface area contributed by atoms with E-state index in [1.807, 2.05) is 11.3 Å². The van der Waals surface area contributed by atoms with Gasteiger partial charge in [-0.25, -0.2) is 4.98 Å². The summed E-state index contributed by atoms with van der Waals surface area (Å²) in [6, 6.07) is 3.24. The largest absolute Gasteiger partial charge is 0.482 e. The van der Waals surface area contributed by atoms with Crippen molar-refractivity contribution in [3.8, 4) is 5.88 Å². The molecule has 15 heavy (non-hydrogen) atoms. The van der Waals surface area contributed by atoms with Crippen molar-refractivity contribution in [2.75, 3.05) is 7.11 Å². The lowest BCUT2D eigenvalue weighted by Gasteiger charge is -2.06. The number of imidazole rings is 1. The van der Waals surface area contributed by atoms with Gasteiger partial charge < -0.3 is 10.5 Å². The number of methoxy groups -OCH3 is 1. The van der Waals surface area contributed by atoms with Gasteiger partial charge in [0.1, 0.15) is 5.65 Å². The average molecular weight is 205 g/mol. The lowest BCUT2D eigenvalue weighted by Crippen LogP contribution is -2.12. The van der Waals surface area contributed by atoms with Crippen LogP contribution in [0.1, 0.15) is 16.1 Å². The van der Waals surface area contributed by atoms with Gasteiger partial charge >= 0.3 is 0 Å². The number of aryl methyl sites for hydroxylation is 1. The fourth-order valence-electron chi connectivity index (χ4n) is 1.52. The molecule has 0 saturated carbocycles. The Morgan fingerprint density at radius 3 is 2.87 bits per heavy atom. The monoisotopic (exact) mass is 205 g/mol. The van der Waals surface area contributed by atoms with Gasteiger partial charge in [-0.2, -0.15) is 0 Å². The summed E-state index contributed by atoms with van der Waals surface area (Å²) < 4.78 is 6.98. The summed E-state index contributed by atoms with van der Waals surface area (Å²) in [6.07, 6.45) is 1.71. The zero-order chi connectivity index (χ0) is 11.0. The van der Waals surface area contributed by atoms with Crippen molar-refractivity contribution in [1.29, 1.82) is 0 Å². The Kier molecular flexibility index (Phi) is 2.07. The standard InChI is InChI=1S/C10H11N3O2/c1-6-5-12-8-3-7(10(11)14)4-9(15-2)13(6)8/h3-5H,1-2H3,(H2,11,14). The van der Waals surface area contributed by atoms with Crippen LogP contribution in [0.25, 0.3) is 5.65 Å². The van der Waals surface area contributed by atoms with E-state index in [1.165, 1.54) is 0 Å². The molecule has 0 aromatic carbocycles. The highest BCUT2D eigenvalue weighted by atomic mass is 16.5. The minimum absolute atomic E-state index is 0.393. The number of carbonyl (C=O) groups is 1. The second-order valence-electron chi connectivity index (χ2n) is 3.24. The lowest BCUT2D eigenvalue weighted by atomic mass is 10.2. The quantitative estimate of drug-likeness (QED) is 0.786. The van der Waals surface area contributed by atoms with Gasteiger partial charge in [-0.05, 0) is 13.0 Å². The molecule has 2 N–H and O–H groups in total. The number of hydrogen-bond donors (Lipinski definition) is 1. The van der Waals surface area contributed by atoms with Crippen molar-refractivity contribution in [2.24, 2.45) is 5.73 Å². The van der Waals surface area contributed by atoms with E-state index in [2.05, 4.69) is 4.98 Å². The van der Waals surface area contributed by atoms with Gasteiger partial charge in [-0.15, -0.1) is 0 Å². The fraction of sp³-hybridized carbons (Fsp3) is 0.200. The normalized spacial score (nSPS) is 10.5. The van der Waals surface area contributed by atoms with E-state index in [1.54, 1.807) is 25.4 Å². The van der Waals surface area contributed by atoms with Crippen LogP contribution in [0.5, 0.6) is 5.88 Å². The Bertz CT molecular complexity index is 531. The van der Waals surface area contributed by atoms with E-state index in [0.29, 0.717) is 17.1 Å².